The van der Waals surface area contributed by atoms with Gasteiger partial charge in [-0.2, -0.15) is 10.2 Å². The molecule has 0 radical (unpaired) electrons. The van der Waals surface area contributed by atoms with Crippen LogP contribution in [0.1, 0.15) is 36.6 Å². The van der Waals surface area contributed by atoms with Gasteiger partial charge in [0.1, 0.15) is 0 Å². The number of aromatic nitrogens is 4. The highest BCUT2D eigenvalue weighted by Gasteiger charge is 2.29. The number of carbonyl (C=O) groups excluding carboxylic acids is 1. The van der Waals surface area contributed by atoms with E-state index in [9.17, 15) is 4.79 Å². The van der Waals surface area contributed by atoms with E-state index in [2.05, 4.69) is 40.2 Å². The van der Waals surface area contributed by atoms with Crippen molar-refractivity contribution in [3.8, 4) is 11.1 Å². The highest BCUT2D eigenvalue weighted by molar-refractivity contribution is 5.75. The molecule has 0 atom stereocenters. The first-order valence-electron chi connectivity index (χ1n) is 10.7. The fourth-order valence-corrected chi connectivity index (χ4v) is 4.26. The molecule has 1 aliphatic carbocycles. The van der Waals surface area contributed by atoms with Crippen LogP contribution in [-0.4, -0.2) is 36.9 Å². The van der Waals surface area contributed by atoms with E-state index < -0.39 is 0 Å². The smallest absolute Gasteiger partial charge is 0.219 e. The first kappa shape index (κ1) is 18.9. The van der Waals surface area contributed by atoms with Crippen LogP contribution in [0.5, 0.6) is 0 Å². The predicted molar refractivity (Wildman–Crippen MR) is 116 cm³/mol. The van der Waals surface area contributed by atoms with E-state index in [-0.39, 0.29) is 5.91 Å². The molecule has 0 bridgehead atoms. The SMILES string of the molecule is CC(=O)N1CCc2c(c(Nc3ccc(C)c(-c4cnn(C)c4)c3)nn2CC2CC2)C1. The number of benzene rings is 1. The average molecular weight is 405 g/mol. The molecule has 30 heavy (non-hydrogen) atoms. The van der Waals surface area contributed by atoms with E-state index in [0.717, 1.165) is 53.6 Å². The van der Waals surface area contributed by atoms with Gasteiger partial charge >= 0.3 is 0 Å². The van der Waals surface area contributed by atoms with Gasteiger partial charge in [0.25, 0.3) is 0 Å². The Morgan fingerprint density at radius 1 is 1.30 bits per heavy atom. The lowest BCUT2D eigenvalue weighted by atomic mass is 10.0. The summed E-state index contributed by atoms with van der Waals surface area (Å²) in [6.07, 6.45) is 7.38. The number of nitrogens with one attached hydrogen (secondary N) is 1. The number of hydrogen-bond acceptors (Lipinski definition) is 4. The Hall–Kier alpha value is -3.09. The highest BCUT2D eigenvalue weighted by Crippen LogP contribution is 2.35. The number of carbonyl (C=O) groups is 1. The number of aryl methyl sites for hydroxylation is 2. The van der Waals surface area contributed by atoms with Crippen molar-refractivity contribution in [1.82, 2.24) is 24.5 Å². The first-order valence-corrected chi connectivity index (χ1v) is 10.7. The molecule has 3 aromatic rings. The molecule has 1 amide bonds. The maximum absolute atomic E-state index is 12.0. The monoisotopic (exact) mass is 404 g/mol. The van der Waals surface area contributed by atoms with Gasteiger partial charge in [0.2, 0.25) is 5.91 Å². The topological polar surface area (TPSA) is 68.0 Å². The molecule has 5 rings (SSSR count). The van der Waals surface area contributed by atoms with Gasteiger partial charge in [0.05, 0.1) is 12.7 Å². The van der Waals surface area contributed by atoms with Crippen molar-refractivity contribution in [3.05, 3.63) is 47.4 Å². The van der Waals surface area contributed by atoms with Crippen molar-refractivity contribution in [1.29, 1.82) is 0 Å². The van der Waals surface area contributed by atoms with Crippen molar-refractivity contribution in [2.75, 3.05) is 11.9 Å². The Labute approximate surface area is 176 Å². The van der Waals surface area contributed by atoms with Crippen LogP contribution in [0.4, 0.5) is 11.5 Å². The third kappa shape index (κ3) is 3.60. The lowest BCUT2D eigenvalue weighted by Gasteiger charge is -2.26. The molecule has 1 aliphatic heterocycles. The van der Waals surface area contributed by atoms with Gasteiger partial charge in [0.15, 0.2) is 5.82 Å². The summed E-state index contributed by atoms with van der Waals surface area (Å²) in [5.74, 6) is 1.75. The lowest BCUT2D eigenvalue weighted by Crippen LogP contribution is -2.34. The van der Waals surface area contributed by atoms with Crippen molar-refractivity contribution in [2.24, 2.45) is 13.0 Å². The second kappa shape index (κ2) is 7.31. The zero-order valence-corrected chi connectivity index (χ0v) is 17.9. The number of rotatable bonds is 5. The Kier molecular flexibility index (Phi) is 4.60. The van der Waals surface area contributed by atoms with E-state index in [1.807, 2.05) is 29.0 Å². The van der Waals surface area contributed by atoms with Crippen molar-refractivity contribution in [2.45, 2.75) is 46.2 Å². The molecule has 7 nitrogen and oxygen atoms in total. The quantitative estimate of drug-likeness (QED) is 0.705. The minimum Gasteiger partial charge on any atom is -0.338 e. The lowest BCUT2D eigenvalue weighted by molar-refractivity contribution is -0.129. The molecule has 2 aliphatic rings. The van der Waals surface area contributed by atoms with E-state index in [0.29, 0.717) is 6.54 Å². The molecule has 0 unspecified atom stereocenters. The molecular weight excluding hydrogens is 376 g/mol. The van der Waals surface area contributed by atoms with Gasteiger partial charge in [-0.25, -0.2) is 0 Å². The van der Waals surface area contributed by atoms with Crippen LogP contribution in [0, 0.1) is 12.8 Å². The van der Waals surface area contributed by atoms with Crippen molar-refractivity contribution in [3.63, 3.8) is 0 Å². The number of hydrogen-bond donors (Lipinski definition) is 1. The normalized spacial score (nSPS) is 15.9. The third-order valence-corrected chi connectivity index (χ3v) is 6.22. The second-order valence-electron chi connectivity index (χ2n) is 8.65. The van der Waals surface area contributed by atoms with Crippen LogP contribution in [0.25, 0.3) is 11.1 Å². The Morgan fingerprint density at radius 2 is 2.13 bits per heavy atom. The highest BCUT2D eigenvalue weighted by atomic mass is 16.2. The molecule has 2 aromatic heterocycles. The van der Waals surface area contributed by atoms with Gasteiger partial charge in [-0.15, -0.1) is 0 Å². The molecule has 1 fully saturated rings. The maximum atomic E-state index is 12.0. The molecule has 7 heteroatoms. The van der Waals surface area contributed by atoms with Crippen LogP contribution in [0.2, 0.25) is 0 Å². The number of nitrogens with zero attached hydrogens (tertiary/aromatic N) is 5. The van der Waals surface area contributed by atoms with Crippen LogP contribution >= 0.6 is 0 Å². The first-order chi connectivity index (χ1) is 14.5. The van der Waals surface area contributed by atoms with E-state index in [4.69, 9.17) is 5.10 Å². The average Bonchev–Trinajstić information content (AvgIpc) is 3.34. The van der Waals surface area contributed by atoms with Crippen LogP contribution < -0.4 is 5.32 Å². The third-order valence-electron chi connectivity index (χ3n) is 6.22. The minimum absolute atomic E-state index is 0.121. The summed E-state index contributed by atoms with van der Waals surface area (Å²) >= 11 is 0. The van der Waals surface area contributed by atoms with Crippen LogP contribution in [0.15, 0.2) is 30.6 Å². The summed E-state index contributed by atoms with van der Waals surface area (Å²) in [6, 6.07) is 6.37. The molecule has 3 heterocycles. The molecule has 0 saturated heterocycles. The summed E-state index contributed by atoms with van der Waals surface area (Å²) in [5, 5.41) is 12.8. The van der Waals surface area contributed by atoms with Crippen molar-refractivity contribution < 1.29 is 4.79 Å². The van der Waals surface area contributed by atoms with E-state index >= 15 is 0 Å². The molecule has 0 spiro atoms. The second-order valence-corrected chi connectivity index (χ2v) is 8.65. The Bertz CT molecular complexity index is 1110. The predicted octanol–water partition coefficient (Wildman–Crippen LogP) is 3.65. The Morgan fingerprint density at radius 3 is 2.83 bits per heavy atom. The van der Waals surface area contributed by atoms with Crippen LogP contribution in [-0.2, 0) is 31.4 Å². The molecule has 1 aromatic carbocycles. The fraction of sp³-hybridized carbons (Fsp3) is 0.435. The van der Waals surface area contributed by atoms with Crippen LogP contribution in [0.3, 0.4) is 0 Å². The fourth-order valence-electron chi connectivity index (χ4n) is 4.26. The van der Waals surface area contributed by atoms with E-state index in [1.165, 1.54) is 24.1 Å². The number of anilines is 2. The maximum Gasteiger partial charge on any atom is 0.219 e. The van der Waals surface area contributed by atoms with Gasteiger partial charge in [-0.1, -0.05) is 6.07 Å². The number of amides is 1. The summed E-state index contributed by atoms with van der Waals surface area (Å²) in [6.45, 7) is 6.14. The minimum atomic E-state index is 0.121. The zero-order valence-electron chi connectivity index (χ0n) is 17.9. The molecule has 1 N–H and O–H groups in total. The molecule has 156 valence electrons. The van der Waals surface area contributed by atoms with Crippen molar-refractivity contribution >= 4 is 17.4 Å². The standard InChI is InChI=1S/C23H28N6O/c1-15-4-7-19(10-20(15)18-11-24-27(3)13-18)25-23-21-14-28(16(2)30)9-8-22(21)29(26-23)12-17-5-6-17/h4,7,10-11,13,17H,5-6,8-9,12,14H2,1-3H3,(H,25,26). The van der Waals surface area contributed by atoms with Gasteiger partial charge in [0, 0.05) is 62.2 Å². The van der Waals surface area contributed by atoms with E-state index in [1.54, 1.807) is 6.92 Å². The Balaban J connectivity index is 1.48. The largest absolute Gasteiger partial charge is 0.338 e. The zero-order chi connectivity index (χ0) is 20.8. The molecule has 1 saturated carbocycles. The van der Waals surface area contributed by atoms with Gasteiger partial charge < -0.3 is 10.2 Å². The summed E-state index contributed by atoms with van der Waals surface area (Å²) in [5.41, 5.74) is 6.89. The van der Waals surface area contributed by atoms with Gasteiger partial charge in [-0.3, -0.25) is 14.2 Å². The van der Waals surface area contributed by atoms with Gasteiger partial charge in [-0.05, 0) is 48.9 Å². The molecular formula is C23H28N6O. The summed E-state index contributed by atoms with van der Waals surface area (Å²) in [7, 11) is 1.93. The summed E-state index contributed by atoms with van der Waals surface area (Å²) in [4.78, 5) is 13.9. The number of fused-ring (bicyclic) bond motifs is 1. The summed E-state index contributed by atoms with van der Waals surface area (Å²) < 4.78 is 4.00.